The molecule has 1 rings (SSSR count). The highest BCUT2D eigenvalue weighted by molar-refractivity contribution is 7.98. The first kappa shape index (κ1) is 17.3. The molecule has 0 aromatic carbocycles. The third-order valence-corrected chi connectivity index (χ3v) is 3.84. The van der Waals surface area contributed by atoms with Gasteiger partial charge in [-0.15, -0.1) is 0 Å². The van der Waals surface area contributed by atoms with Gasteiger partial charge in [0.1, 0.15) is 6.04 Å². The standard InChI is InChI=1S/C14H21N3O3S/c1-9-11(10(2)17(3)16-9)5-6-13(18)15-12(14(19)20)7-8-21-4/h5-6,12H,7-8H2,1-4H3,(H,15,18)(H,19,20)/b6-5+/t12-/m1/s1. The van der Waals surface area contributed by atoms with Crippen molar-refractivity contribution >= 4 is 29.7 Å². The number of aryl methyl sites for hydroxylation is 2. The van der Waals surface area contributed by atoms with E-state index in [2.05, 4.69) is 10.4 Å². The fourth-order valence-corrected chi connectivity index (χ4v) is 2.37. The molecule has 0 spiro atoms. The molecular weight excluding hydrogens is 290 g/mol. The zero-order valence-corrected chi connectivity index (χ0v) is 13.5. The van der Waals surface area contributed by atoms with Gasteiger partial charge < -0.3 is 10.4 Å². The molecule has 1 heterocycles. The summed E-state index contributed by atoms with van der Waals surface area (Å²) in [5.41, 5.74) is 2.66. The molecule has 7 heteroatoms. The third kappa shape index (κ3) is 4.93. The molecule has 0 aliphatic rings. The average Bonchev–Trinajstić information content (AvgIpc) is 2.66. The number of hydrogen-bond donors (Lipinski definition) is 2. The number of nitrogens with zero attached hydrogens (tertiary/aromatic N) is 2. The van der Waals surface area contributed by atoms with E-state index in [0.717, 1.165) is 17.0 Å². The van der Waals surface area contributed by atoms with Crippen LogP contribution in [-0.2, 0) is 16.6 Å². The van der Waals surface area contributed by atoms with E-state index in [1.165, 1.54) is 6.08 Å². The fourth-order valence-electron chi connectivity index (χ4n) is 1.90. The summed E-state index contributed by atoms with van der Waals surface area (Å²) < 4.78 is 1.74. The van der Waals surface area contributed by atoms with E-state index in [4.69, 9.17) is 5.11 Å². The van der Waals surface area contributed by atoms with E-state index in [-0.39, 0.29) is 0 Å². The van der Waals surface area contributed by atoms with Crippen molar-refractivity contribution in [3.8, 4) is 0 Å². The number of nitrogens with one attached hydrogen (secondary N) is 1. The van der Waals surface area contributed by atoms with Crippen LogP contribution in [0.1, 0.15) is 23.4 Å². The van der Waals surface area contributed by atoms with Crippen molar-refractivity contribution in [3.63, 3.8) is 0 Å². The van der Waals surface area contributed by atoms with Crippen LogP contribution in [0.5, 0.6) is 0 Å². The van der Waals surface area contributed by atoms with Crippen molar-refractivity contribution in [1.29, 1.82) is 0 Å². The maximum atomic E-state index is 11.8. The Bertz CT molecular complexity index is 552. The second-order valence-electron chi connectivity index (χ2n) is 4.72. The molecule has 1 aromatic rings. The molecule has 6 nitrogen and oxygen atoms in total. The van der Waals surface area contributed by atoms with Crippen LogP contribution in [0.3, 0.4) is 0 Å². The molecule has 0 fully saturated rings. The van der Waals surface area contributed by atoms with E-state index in [0.29, 0.717) is 12.2 Å². The molecular formula is C14H21N3O3S. The van der Waals surface area contributed by atoms with Crippen molar-refractivity contribution in [2.75, 3.05) is 12.0 Å². The van der Waals surface area contributed by atoms with Crippen LogP contribution in [0.2, 0.25) is 0 Å². The van der Waals surface area contributed by atoms with Crippen LogP contribution in [0.25, 0.3) is 6.08 Å². The summed E-state index contributed by atoms with van der Waals surface area (Å²) in [6.45, 7) is 3.78. The Balaban J connectivity index is 2.71. The molecule has 0 radical (unpaired) electrons. The monoisotopic (exact) mass is 311 g/mol. The highest BCUT2D eigenvalue weighted by Crippen LogP contribution is 2.13. The van der Waals surface area contributed by atoms with Crippen molar-refractivity contribution in [3.05, 3.63) is 23.0 Å². The molecule has 0 aliphatic carbocycles. The number of hydrogen-bond acceptors (Lipinski definition) is 4. The second kappa shape index (κ2) is 7.87. The van der Waals surface area contributed by atoms with Gasteiger partial charge in [0.15, 0.2) is 0 Å². The summed E-state index contributed by atoms with van der Waals surface area (Å²) >= 11 is 1.55. The Morgan fingerprint density at radius 2 is 2.14 bits per heavy atom. The number of thioether (sulfide) groups is 1. The number of aliphatic carboxylic acids is 1. The minimum atomic E-state index is -1.01. The van der Waals surface area contributed by atoms with Crippen molar-refractivity contribution in [2.45, 2.75) is 26.3 Å². The quantitative estimate of drug-likeness (QED) is 0.743. The van der Waals surface area contributed by atoms with Crippen LogP contribution >= 0.6 is 11.8 Å². The average molecular weight is 311 g/mol. The normalized spacial score (nSPS) is 12.6. The molecule has 2 N–H and O–H groups in total. The van der Waals surface area contributed by atoms with Gasteiger partial charge in [-0.1, -0.05) is 0 Å². The minimum absolute atomic E-state index is 0.404. The van der Waals surface area contributed by atoms with Crippen LogP contribution in [0, 0.1) is 13.8 Å². The second-order valence-corrected chi connectivity index (χ2v) is 5.71. The van der Waals surface area contributed by atoms with Gasteiger partial charge in [0, 0.05) is 24.4 Å². The number of aromatic nitrogens is 2. The van der Waals surface area contributed by atoms with Crippen molar-refractivity contribution in [2.24, 2.45) is 7.05 Å². The van der Waals surface area contributed by atoms with Crippen LogP contribution < -0.4 is 5.32 Å². The summed E-state index contributed by atoms with van der Waals surface area (Å²) in [4.78, 5) is 22.9. The number of carbonyl (C=O) groups excluding carboxylic acids is 1. The molecule has 1 amide bonds. The lowest BCUT2D eigenvalue weighted by Crippen LogP contribution is -2.40. The van der Waals surface area contributed by atoms with Gasteiger partial charge in [-0.2, -0.15) is 16.9 Å². The molecule has 0 aliphatic heterocycles. The van der Waals surface area contributed by atoms with Gasteiger partial charge in [0.2, 0.25) is 5.91 Å². The zero-order chi connectivity index (χ0) is 16.0. The Kier molecular flexibility index (Phi) is 6.48. The molecule has 21 heavy (non-hydrogen) atoms. The number of amides is 1. The fraction of sp³-hybridized carbons (Fsp3) is 0.500. The summed E-state index contributed by atoms with van der Waals surface area (Å²) in [5, 5.41) is 15.8. The molecule has 116 valence electrons. The number of carbonyl (C=O) groups is 2. The third-order valence-electron chi connectivity index (χ3n) is 3.19. The maximum absolute atomic E-state index is 11.8. The maximum Gasteiger partial charge on any atom is 0.326 e. The van der Waals surface area contributed by atoms with Crippen LogP contribution in [0.15, 0.2) is 6.08 Å². The first-order valence-corrected chi connectivity index (χ1v) is 7.96. The highest BCUT2D eigenvalue weighted by atomic mass is 32.2. The van der Waals surface area contributed by atoms with Gasteiger partial charge in [-0.05, 0) is 38.4 Å². The first-order valence-electron chi connectivity index (χ1n) is 6.57. The SMILES string of the molecule is CSCC[C@@H](NC(=O)/C=C/c1c(C)nn(C)c1C)C(=O)O. The summed E-state index contributed by atoms with van der Waals surface area (Å²) in [5.74, 6) is -0.743. The van der Waals surface area contributed by atoms with Gasteiger partial charge in [0.05, 0.1) is 5.69 Å². The van der Waals surface area contributed by atoms with Gasteiger partial charge in [-0.25, -0.2) is 4.79 Å². The number of rotatable bonds is 7. The molecule has 1 aromatic heterocycles. The number of carboxylic acid groups (broad SMARTS) is 1. The lowest BCUT2D eigenvalue weighted by molar-refractivity contribution is -0.141. The van der Waals surface area contributed by atoms with Crippen LogP contribution in [-0.4, -0.2) is 44.8 Å². The van der Waals surface area contributed by atoms with Crippen LogP contribution in [0.4, 0.5) is 0 Å². The number of carboxylic acids is 1. The first-order chi connectivity index (χ1) is 9.86. The predicted molar refractivity (Wildman–Crippen MR) is 84.3 cm³/mol. The molecule has 0 saturated carbocycles. The zero-order valence-electron chi connectivity index (χ0n) is 12.7. The lowest BCUT2D eigenvalue weighted by Gasteiger charge is -2.12. The van der Waals surface area contributed by atoms with E-state index < -0.39 is 17.9 Å². The minimum Gasteiger partial charge on any atom is -0.480 e. The summed E-state index contributed by atoms with van der Waals surface area (Å²) in [7, 11) is 1.84. The van der Waals surface area contributed by atoms with E-state index >= 15 is 0 Å². The Hall–Kier alpha value is -1.76. The van der Waals surface area contributed by atoms with Gasteiger partial charge in [0.25, 0.3) is 0 Å². The molecule has 0 saturated heterocycles. The highest BCUT2D eigenvalue weighted by Gasteiger charge is 2.18. The summed E-state index contributed by atoms with van der Waals surface area (Å²) in [6.07, 6.45) is 5.32. The van der Waals surface area contributed by atoms with E-state index in [9.17, 15) is 9.59 Å². The van der Waals surface area contributed by atoms with E-state index in [1.54, 1.807) is 22.5 Å². The Morgan fingerprint density at radius 3 is 2.62 bits per heavy atom. The van der Waals surface area contributed by atoms with Gasteiger partial charge >= 0.3 is 5.97 Å². The Morgan fingerprint density at radius 1 is 1.48 bits per heavy atom. The molecule has 0 bridgehead atoms. The Labute approximate surface area is 128 Å². The summed E-state index contributed by atoms with van der Waals surface area (Å²) in [6, 6.07) is -0.856. The topological polar surface area (TPSA) is 84.2 Å². The van der Waals surface area contributed by atoms with Gasteiger partial charge in [-0.3, -0.25) is 9.48 Å². The smallest absolute Gasteiger partial charge is 0.326 e. The molecule has 1 atom stereocenters. The van der Waals surface area contributed by atoms with Crippen molar-refractivity contribution < 1.29 is 14.7 Å². The van der Waals surface area contributed by atoms with Crippen molar-refractivity contribution in [1.82, 2.24) is 15.1 Å². The predicted octanol–water partition coefficient (Wildman–Crippen LogP) is 1.37. The largest absolute Gasteiger partial charge is 0.480 e. The van der Waals surface area contributed by atoms with E-state index in [1.807, 2.05) is 27.2 Å². The molecule has 0 unspecified atom stereocenters. The lowest BCUT2D eigenvalue weighted by atomic mass is 10.1.